The summed E-state index contributed by atoms with van der Waals surface area (Å²) in [6.45, 7) is 9.25. The number of carbonyl (C=O) groups is 1. The van der Waals surface area contributed by atoms with Crippen LogP contribution >= 0.6 is 0 Å². The molecule has 2 saturated carbocycles. The largest absolute Gasteiger partial charge is 0.389 e. The van der Waals surface area contributed by atoms with E-state index in [0.29, 0.717) is 23.5 Å². The van der Waals surface area contributed by atoms with E-state index in [1.54, 1.807) is 0 Å². The number of hydrogen-bond acceptors (Lipinski definition) is 2. The van der Waals surface area contributed by atoms with Crippen molar-refractivity contribution < 1.29 is 9.90 Å². The Morgan fingerprint density at radius 1 is 1.18 bits per heavy atom. The number of Topliss-reactive ketones (excluding diaryl/α,β-unsaturated/α-hetero) is 1. The first-order valence-corrected chi connectivity index (χ1v) is 9.17. The third kappa shape index (κ3) is 1.68. The summed E-state index contributed by atoms with van der Waals surface area (Å²) >= 11 is 0. The molecule has 2 bridgehead atoms. The number of rotatable bonds is 0. The molecule has 4 aliphatic rings. The molecule has 0 radical (unpaired) electrons. The molecule has 5 atom stereocenters. The van der Waals surface area contributed by atoms with E-state index in [9.17, 15) is 9.90 Å². The van der Waals surface area contributed by atoms with Gasteiger partial charge in [0, 0.05) is 11.8 Å². The Labute approximate surface area is 134 Å². The fourth-order valence-corrected chi connectivity index (χ4v) is 6.88. The van der Waals surface area contributed by atoms with Gasteiger partial charge in [-0.05, 0) is 55.3 Å². The zero-order valence-corrected chi connectivity index (χ0v) is 14.5. The average molecular weight is 302 g/mol. The van der Waals surface area contributed by atoms with Crippen LogP contribution in [-0.2, 0) is 4.79 Å². The monoisotopic (exact) mass is 302 g/mol. The Kier molecular flexibility index (Phi) is 2.89. The Balaban J connectivity index is 1.84. The lowest BCUT2D eigenvalue weighted by Crippen LogP contribution is -2.49. The highest BCUT2D eigenvalue weighted by molar-refractivity contribution is 5.91. The normalized spacial score (nSPS) is 49.9. The quantitative estimate of drug-likeness (QED) is 0.679. The molecule has 0 aromatic rings. The van der Waals surface area contributed by atoms with Crippen molar-refractivity contribution in [1.82, 2.24) is 0 Å². The van der Waals surface area contributed by atoms with Crippen LogP contribution in [0.1, 0.15) is 72.6 Å². The molecule has 122 valence electrons. The lowest BCUT2D eigenvalue weighted by molar-refractivity contribution is -0.125. The first kappa shape index (κ1) is 14.9. The highest BCUT2D eigenvalue weighted by atomic mass is 16.3. The van der Waals surface area contributed by atoms with Gasteiger partial charge in [-0.1, -0.05) is 45.3 Å². The third-order valence-corrected chi connectivity index (χ3v) is 7.96. The van der Waals surface area contributed by atoms with Crippen molar-refractivity contribution in [1.29, 1.82) is 0 Å². The van der Waals surface area contributed by atoms with Gasteiger partial charge in [-0.3, -0.25) is 4.79 Å². The van der Waals surface area contributed by atoms with Gasteiger partial charge in [0.2, 0.25) is 0 Å². The second kappa shape index (κ2) is 4.26. The van der Waals surface area contributed by atoms with Crippen LogP contribution in [0.4, 0.5) is 0 Å². The van der Waals surface area contributed by atoms with Crippen LogP contribution in [0.5, 0.6) is 0 Å². The molecule has 5 unspecified atom stereocenters. The minimum atomic E-state index is -0.742. The summed E-state index contributed by atoms with van der Waals surface area (Å²) in [5.74, 6) is 0.854. The number of allylic oxidation sites excluding steroid dienone is 1. The molecule has 0 saturated heterocycles. The van der Waals surface area contributed by atoms with Crippen molar-refractivity contribution in [2.45, 2.75) is 78.2 Å². The van der Waals surface area contributed by atoms with Crippen LogP contribution in [-0.4, -0.2) is 16.5 Å². The Bertz CT molecular complexity index is 572. The van der Waals surface area contributed by atoms with Gasteiger partial charge < -0.3 is 5.11 Å². The van der Waals surface area contributed by atoms with E-state index in [1.165, 1.54) is 36.8 Å². The van der Waals surface area contributed by atoms with Crippen LogP contribution in [0.25, 0.3) is 0 Å². The molecule has 0 amide bonds. The smallest absolute Gasteiger partial charge is 0.145 e. The summed E-state index contributed by atoms with van der Waals surface area (Å²) in [4.78, 5) is 12.8. The van der Waals surface area contributed by atoms with Crippen molar-refractivity contribution in [2.75, 3.05) is 0 Å². The van der Waals surface area contributed by atoms with E-state index in [1.807, 2.05) is 6.92 Å². The second-order valence-electron chi connectivity index (χ2n) is 9.53. The molecule has 22 heavy (non-hydrogen) atoms. The highest BCUT2D eigenvalue weighted by Gasteiger charge is 2.61. The van der Waals surface area contributed by atoms with Gasteiger partial charge in [-0.15, -0.1) is 0 Å². The number of carbonyl (C=O) groups excluding carboxylic acids is 1. The first-order valence-electron chi connectivity index (χ1n) is 9.17. The maximum Gasteiger partial charge on any atom is 0.145 e. The molecular weight excluding hydrogens is 272 g/mol. The molecule has 0 aromatic carbocycles. The fraction of sp³-hybridized carbons (Fsp3) is 0.850. The summed E-state index contributed by atoms with van der Waals surface area (Å²) in [7, 11) is 0. The number of fused-ring (bicyclic) bond motifs is 5. The van der Waals surface area contributed by atoms with Gasteiger partial charge in [0.1, 0.15) is 5.78 Å². The van der Waals surface area contributed by atoms with E-state index in [4.69, 9.17) is 0 Å². The standard InChI is InChI=1S/C20H30O2/c1-12-17(21)14-11-20(12,22)10-13-6-7-15-18(2,3)8-5-9-19(15,4)16(13)14/h12,14-15,22H,5-11H2,1-4H3. The minimum absolute atomic E-state index is 0.0189. The van der Waals surface area contributed by atoms with Crippen LogP contribution in [0.2, 0.25) is 0 Å². The molecule has 2 heteroatoms. The van der Waals surface area contributed by atoms with Crippen LogP contribution in [0, 0.1) is 28.6 Å². The third-order valence-electron chi connectivity index (χ3n) is 7.96. The number of hydrogen-bond donors (Lipinski definition) is 1. The van der Waals surface area contributed by atoms with E-state index in [0.717, 1.165) is 12.8 Å². The van der Waals surface area contributed by atoms with E-state index in [2.05, 4.69) is 20.8 Å². The molecule has 0 aromatic heterocycles. The van der Waals surface area contributed by atoms with Gasteiger partial charge in [0.05, 0.1) is 5.60 Å². The van der Waals surface area contributed by atoms with Gasteiger partial charge in [-0.2, -0.15) is 0 Å². The van der Waals surface area contributed by atoms with Gasteiger partial charge >= 0.3 is 0 Å². The molecule has 4 rings (SSSR count). The van der Waals surface area contributed by atoms with Crippen molar-refractivity contribution in [3.8, 4) is 0 Å². The summed E-state index contributed by atoms with van der Waals surface area (Å²) in [6.07, 6.45) is 7.62. The van der Waals surface area contributed by atoms with Crippen LogP contribution in [0.15, 0.2) is 11.1 Å². The maximum atomic E-state index is 12.8. The zero-order valence-electron chi connectivity index (χ0n) is 14.5. The van der Waals surface area contributed by atoms with E-state index in [-0.39, 0.29) is 17.3 Å². The van der Waals surface area contributed by atoms with Crippen LogP contribution in [0.3, 0.4) is 0 Å². The van der Waals surface area contributed by atoms with Crippen LogP contribution < -0.4 is 0 Å². The number of ketones is 1. The summed E-state index contributed by atoms with van der Waals surface area (Å²) in [5.41, 5.74) is 2.77. The highest BCUT2D eigenvalue weighted by Crippen LogP contribution is 2.65. The van der Waals surface area contributed by atoms with Crippen molar-refractivity contribution >= 4 is 5.78 Å². The van der Waals surface area contributed by atoms with Crippen molar-refractivity contribution in [2.24, 2.45) is 28.6 Å². The first-order chi connectivity index (χ1) is 10.2. The molecule has 4 aliphatic carbocycles. The molecule has 0 spiro atoms. The van der Waals surface area contributed by atoms with Gasteiger partial charge in [-0.25, -0.2) is 0 Å². The molecule has 0 heterocycles. The second-order valence-corrected chi connectivity index (χ2v) is 9.53. The maximum absolute atomic E-state index is 12.8. The Hall–Kier alpha value is -0.630. The topological polar surface area (TPSA) is 37.3 Å². The van der Waals surface area contributed by atoms with E-state index < -0.39 is 5.60 Å². The Morgan fingerprint density at radius 3 is 2.64 bits per heavy atom. The SMILES string of the molecule is CC1C(=O)C2CC1(O)CC1=C2C2(C)CCCC(C)(C)C2CC1. The molecule has 0 aliphatic heterocycles. The summed E-state index contributed by atoms with van der Waals surface area (Å²) < 4.78 is 0. The lowest BCUT2D eigenvalue weighted by atomic mass is 9.47. The molecule has 1 N–H and O–H groups in total. The lowest BCUT2D eigenvalue weighted by Gasteiger charge is -2.57. The van der Waals surface area contributed by atoms with Gasteiger partial charge in [0.25, 0.3) is 0 Å². The van der Waals surface area contributed by atoms with Crippen molar-refractivity contribution in [3.05, 3.63) is 11.1 Å². The predicted octanol–water partition coefficient (Wildman–Crippen LogP) is 4.27. The summed E-state index contributed by atoms with van der Waals surface area (Å²) in [6, 6.07) is 0. The average Bonchev–Trinajstić information content (AvgIpc) is 2.58. The number of aliphatic hydroxyl groups is 1. The molecule has 2 fully saturated rings. The molecular formula is C20H30O2. The van der Waals surface area contributed by atoms with E-state index >= 15 is 0 Å². The predicted molar refractivity (Wildman–Crippen MR) is 87.3 cm³/mol. The fourth-order valence-electron chi connectivity index (χ4n) is 6.88. The molecule has 2 nitrogen and oxygen atoms in total. The Morgan fingerprint density at radius 2 is 1.91 bits per heavy atom. The van der Waals surface area contributed by atoms with Crippen molar-refractivity contribution in [3.63, 3.8) is 0 Å². The zero-order chi connectivity index (χ0) is 15.9. The summed E-state index contributed by atoms with van der Waals surface area (Å²) in [5, 5.41) is 10.9. The van der Waals surface area contributed by atoms with Gasteiger partial charge in [0.15, 0.2) is 0 Å². The minimum Gasteiger partial charge on any atom is -0.389 e.